The highest BCUT2D eigenvalue weighted by Crippen LogP contribution is 2.23. The highest BCUT2D eigenvalue weighted by atomic mass is 127. The third-order valence-corrected chi connectivity index (χ3v) is 3.90. The van der Waals surface area contributed by atoms with E-state index in [9.17, 15) is 0 Å². The van der Waals surface area contributed by atoms with Crippen LogP contribution in [0.25, 0.3) is 28.1 Å². The van der Waals surface area contributed by atoms with E-state index in [2.05, 4.69) is 62.0 Å². The molecule has 3 aromatic heterocycles. The molecule has 4 aromatic rings. The molecule has 5 heteroatoms. The third-order valence-electron chi connectivity index (χ3n) is 3.22. The van der Waals surface area contributed by atoms with E-state index in [0.29, 0.717) is 0 Å². The molecule has 0 amide bonds. The van der Waals surface area contributed by atoms with Crippen molar-refractivity contribution >= 4 is 39.1 Å². The zero-order valence-electron chi connectivity index (χ0n) is 10.4. The molecular formula is C15H9IN4. The van der Waals surface area contributed by atoms with Crippen molar-refractivity contribution in [3.63, 3.8) is 0 Å². The van der Waals surface area contributed by atoms with Gasteiger partial charge in [-0.05, 0) is 70.4 Å². The first-order valence-electron chi connectivity index (χ1n) is 6.18. The van der Waals surface area contributed by atoms with Crippen LogP contribution in [0.2, 0.25) is 0 Å². The molecule has 0 saturated carbocycles. The Morgan fingerprint density at radius 3 is 2.75 bits per heavy atom. The lowest BCUT2D eigenvalue weighted by Crippen LogP contribution is -1.93. The Morgan fingerprint density at radius 1 is 0.950 bits per heavy atom. The molecule has 0 N–H and O–H groups in total. The van der Waals surface area contributed by atoms with Gasteiger partial charge < -0.3 is 0 Å². The number of aromatic nitrogens is 4. The molecule has 4 nitrogen and oxygen atoms in total. The summed E-state index contributed by atoms with van der Waals surface area (Å²) in [5.74, 6) is 0.771. The maximum Gasteiger partial charge on any atom is 0.187 e. The molecule has 20 heavy (non-hydrogen) atoms. The first-order chi connectivity index (χ1) is 9.83. The average Bonchev–Trinajstić information content (AvgIpc) is 2.92. The monoisotopic (exact) mass is 372 g/mol. The third kappa shape index (κ3) is 1.77. The minimum Gasteiger partial charge on any atom is -0.274 e. The summed E-state index contributed by atoms with van der Waals surface area (Å²) in [6.07, 6.45) is 1.77. The molecule has 3 heterocycles. The topological polar surface area (TPSA) is 43.1 Å². The standard InChI is InChI=1S/C15H9IN4/c16-11-5-6-13-10(9-11)4-7-14-18-19-15(20(13)14)12-3-1-2-8-17-12/h1-9H. The van der Waals surface area contributed by atoms with E-state index in [1.54, 1.807) is 6.20 Å². The summed E-state index contributed by atoms with van der Waals surface area (Å²) >= 11 is 2.32. The molecular weight excluding hydrogens is 363 g/mol. The van der Waals surface area contributed by atoms with Crippen molar-refractivity contribution in [3.05, 3.63) is 58.3 Å². The van der Waals surface area contributed by atoms with Crippen LogP contribution in [0, 0.1) is 3.57 Å². The maximum atomic E-state index is 4.37. The fourth-order valence-corrected chi connectivity index (χ4v) is 2.84. The second-order valence-corrected chi connectivity index (χ2v) is 5.71. The number of rotatable bonds is 1. The smallest absolute Gasteiger partial charge is 0.187 e. The lowest BCUT2D eigenvalue weighted by molar-refractivity contribution is 1.10. The number of pyridine rings is 2. The van der Waals surface area contributed by atoms with Crippen molar-refractivity contribution in [1.82, 2.24) is 19.6 Å². The Morgan fingerprint density at radius 2 is 1.90 bits per heavy atom. The highest BCUT2D eigenvalue weighted by Gasteiger charge is 2.11. The summed E-state index contributed by atoms with van der Waals surface area (Å²) in [7, 11) is 0. The van der Waals surface area contributed by atoms with Crippen molar-refractivity contribution in [2.24, 2.45) is 0 Å². The molecule has 0 aliphatic carbocycles. The fraction of sp³-hybridized carbons (Fsp3) is 0. The Kier molecular flexibility index (Phi) is 2.66. The normalized spacial score (nSPS) is 11.2. The van der Waals surface area contributed by atoms with Gasteiger partial charge in [0.1, 0.15) is 5.69 Å². The van der Waals surface area contributed by atoms with Crippen LogP contribution in [0.1, 0.15) is 0 Å². The van der Waals surface area contributed by atoms with E-state index < -0.39 is 0 Å². The van der Waals surface area contributed by atoms with E-state index in [1.165, 1.54) is 8.96 Å². The van der Waals surface area contributed by atoms with Crippen molar-refractivity contribution in [1.29, 1.82) is 0 Å². The molecule has 0 atom stereocenters. The van der Waals surface area contributed by atoms with Crippen molar-refractivity contribution in [2.75, 3.05) is 0 Å². The van der Waals surface area contributed by atoms with Crippen molar-refractivity contribution in [3.8, 4) is 11.5 Å². The van der Waals surface area contributed by atoms with Gasteiger partial charge in [0.25, 0.3) is 0 Å². The molecule has 0 fully saturated rings. The van der Waals surface area contributed by atoms with Gasteiger partial charge in [-0.1, -0.05) is 6.07 Å². The van der Waals surface area contributed by atoms with Gasteiger partial charge in [0, 0.05) is 9.77 Å². The van der Waals surface area contributed by atoms with Gasteiger partial charge in [0.2, 0.25) is 0 Å². The molecule has 0 bridgehead atoms. The van der Waals surface area contributed by atoms with Crippen LogP contribution < -0.4 is 0 Å². The summed E-state index contributed by atoms with van der Waals surface area (Å²) in [4.78, 5) is 4.37. The summed E-state index contributed by atoms with van der Waals surface area (Å²) in [5.41, 5.74) is 2.75. The van der Waals surface area contributed by atoms with Crippen LogP contribution in [0.5, 0.6) is 0 Å². The predicted octanol–water partition coefficient (Wildman–Crippen LogP) is 3.55. The molecule has 1 aromatic carbocycles. The fourth-order valence-electron chi connectivity index (χ4n) is 2.33. The molecule has 0 radical (unpaired) electrons. The van der Waals surface area contributed by atoms with Gasteiger partial charge in [0.05, 0.1) is 5.52 Å². The minimum absolute atomic E-state index is 0.771. The molecule has 96 valence electrons. The zero-order valence-corrected chi connectivity index (χ0v) is 12.5. The van der Waals surface area contributed by atoms with E-state index in [4.69, 9.17) is 0 Å². The van der Waals surface area contributed by atoms with Crippen LogP contribution in [-0.2, 0) is 0 Å². The minimum atomic E-state index is 0.771. The number of hydrogen-bond acceptors (Lipinski definition) is 3. The second kappa shape index (κ2) is 4.52. The number of halogens is 1. The molecule has 0 aliphatic heterocycles. The lowest BCUT2D eigenvalue weighted by atomic mass is 10.2. The van der Waals surface area contributed by atoms with E-state index in [-0.39, 0.29) is 0 Å². The number of benzene rings is 1. The molecule has 0 saturated heterocycles. The number of nitrogens with zero attached hydrogens (tertiary/aromatic N) is 4. The van der Waals surface area contributed by atoms with Gasteiger partial charge in [-0.25, -0.2) is 0 Å². The van der Waals surface area contributed by atoms with Gasteiger partial charge >= 0.3 is 0 Å². The van der Waals surface area contributed by atoms with Gasteiger partial charge in [-0.2, -0.15) is 0 Å². The Balaban J connectivity index is 2.13. The molecule has 0 spiro atoms. The quantitative estimate of drug-likeness (QED) is 0.480. The Bertz CT molecular complexity index is 915. The van der Waals surface area contributed by atoms with Crippen LogP contribution in [-0.4, -0.2) is 19.6 Å². The van der Waals surface area contributed by atoms with E-state index in [0.717, 1.165) is 22.7 Å². The maximum absolute atomic E-state index is 4.37. The Labute approximate surface area is 128 Å². The van der Waals surface area contributed by atoms with E-state index >= 15 is 0 Å². The first-order valence-corrected chi connectivity index (χ1v) is 7.25. The molecule has 0 aliphatic rings. The second-order valence-electron chi connectivity index (χ2n) is 4.47. The SMILES string of the molecule is Ic1ccc2c(ccc3nnc(-c4ccccn4)n32)c1. The van der Waals surface area contributed by atoms with Gasteiger partial charge in [0.15, 0.2) is 11.5 Å². The summed E-state index contributed by atoms with van der Waals surface area (Å²) in [5, 5.41) is 9.69. The zero-order chi connectivity index (χ0) is 13.5. The predicted molar refractivity (Wildman–Crippen MR) is 86.4 cm³/mol. The van der Waals surface area contributed by atoms with Crippen LogP contribution in [0.15, 0.2) is 54.7 Å². The first kappa shape index (κ1) is 11.8. The number of fused-ring (bicyclic) bond motifs is 3. The van der Waals surface area contributed by atoms with E-state index in [1.807, 2.05) is 28.7 Å². The van der Waals surface area contributed by atoms with Crippen LogP contribution >= 0.6 is 22.6 Å². The lowest BCUT2D eigenvalue weighted by Gasteiger charge is -2.05. The largest absolute Gasteiger partial charge is 0.274 e. The van der Waals surface area contributed by atoms with Crippen molar-refractivity contribution in [2.45, 2.75) is 0 Å². The number of hydrogen-bond donors (Lipinski definition) is 0. The van der Waals surface area contributed by atoms with Crippen molar-refractivity contribution < 1.29 is 0 Å². The van der Waals surface area contributed by atoms with Gasteiger partial charge in [-0.15, -0.1) is 10.2 Å². The van der Waals surface area contributed by atoms with Crippen LogP contribution in [0.3, 0.4) is 0 Å². The average molecular weight is 372 g/mol. The molecule has 4 rings (SSSR count). The summed E-state index contributed by atoms with van der Waals surface area (Å²) in [6, 6.07) is 16.2. The molecule has 0 unspecified atom stereocenters. The summed E-state index contributed by atoms with van der Waals surface area (Å²) < 4.78 is 3.26. The van der Waals surface area contributed by atoms with Gasteiger partial charge in [-0.3, -0.25) is 9.38 Å². The summed E-state index contributed by atoms with van der Waals surface area (Å²) in [6.45, 7) is 0. The highest BCUT2D eigenvalue weighted by molar-refractivity contribution is 14.1. The Hall–Kier alpha value is -2.02. The van der Waals surface area contributed by atoms with Crippen LogP contribution in [0.4, 0.5) is 0 Å².